The maximum absolute atomic E-state index is 13.3. The second kappa shape index (κ2) is 12.8. The quantitative estimate of drug-likeness (QED) is 0.307. The summed E-state index contributed by atoms with van der Waals surface area (Å²) in [6, 6.07) is 16.6. The van der Waals surface area contributed by atoms with E-state index in [0.29, 0.717) is 44.0 Å². The number of methoxy groups -OCH3 is 1. The van der Waals surface area contributed by atoms with Gasteiger partial charge in [-0.15, -0.1) is 0 Å². The SMILES string of the molecule is COc1ccccc1N1CCN(c2ccc(NC(=O)Nc3ccccc3C(F)(F)F)cc2C(=O)NCC(C)C)CC1. The molecule has 0 radical (unpaired) electrons. The van der Waals surface area contributed by atoms with Crippen LogP contribution in [0.4, 0.5) is 40.7 Å². The molecule has 41 heavy (non-hydrogen) atoms. The van der Waals surface area contributed by atoms with E-state index < -0.39 is 17.8 Å². The maximum atomic E-state index is 13.3. The monoisotopic (exact) mass is 569 g/mol. The van der Waals surface area contributed by atoms with Gasteiger partial charge in [0.15, 0.2) is 0 Å². The van der Waals surface area contributed by atoms with Gasteiger partial charge in [0.05, 0.1) is 29.6 Å². The number of amides is 3. The minimum atomic E-state index is -4.62. The number of halogens is 3. The van der Waals surface area contributed by atoms with Gasteiger partial charge >= 0.3 is 12.2 Å². The molecule has 218 valence electrons. The van der Waals surface area contributed by atoms with Crippen LogP contribution in [-0.4, -0.2) is 51.8 Å². The zero-order valence-electron chi connectivity index (χ0n) is 23.2. The first-order valence-electron chi connectivity index (χ1n) is 13.4. The number of alkyl halides is 3. The predicted molar refractivity (Wildman–Crippen MR) is 155 cm³/mol. The number of nitrogens with zero attached hydrogens (tertiary/aromatic N) is 2. The lowest BCUT2D eigenvalue weighted by molar-refractivity contribution is -0.136. The third-order valence-corrected chi connectivity index (χ3v) is 6.70. The van der Waals surface area contributed by atoms with Gasteiger partial charge < -0.3 is 30.5 Å². The van der Waals surface area contributed by atoms with Crippen LogP contribution in [0.3, 0.4) is 0 Å². The maximum Gasteiger partial charge on any atom is 0.418 e. The van der Waals surface area contributed by atoms with Crippen molar-refractivity contribution >= 4 is 34.7 Å². The van der Waals surface area contributed by atoms with Crippen LogP contribution in [0.25, 0.3) is 0 Å². The van der Waals surface area contributed by atoms with Crippen molar-refractivity contribution in [3.8, 4) is 5.75 Å². The zero-order valence-corrected chi connectivity index (χ0v) is 23.2. The molecule has 1 saturated heterocycles. The number of hydrogen-bond acceptors (Lipinski definition) is 5. The summed E-state index contributed by atoms with van der Waals surface area (Å²) in [6.45, 7) is 7.13. The average molecular weight is 570 g/mol. The van der Waals surface area contributed by atoms with Crippen molar-refractivity contribution in [1.29, 1.82) is 0 Å². The van der Waals surface area contributed by atoms with Gasteiger partial charge in [0.25, 0.3) is 5.91 Å². The topological polar surface area (TPSA) is 85.9 Å². The van der Waals surface area contributed by atoms with Crippen molar-refractivity contribution in [2.24, 2.45) is 5.92 Å². The van der Waals surface area contributed by atoms with E-state index in [1.165, 1.54) is 18.2 Å². The second-order valence-electron chi connectivity index (χ2n) is 10.1. The van der Waals surface area contributed by atoms with Crippen molar-refractivity contribution in [1.82, 2.24) is 5.32 Å². The van der Waals surface area contributed by atoms with Gasteiger partial charge in [-0.3, -0.25) is 4.79 Å². The van der Waals surface area contributed by atoms with Gasteiger partial charge in [-0.25, -0.2) is 4.79 Å². The first-order valence-corrected chi connectivity index (χ1v) is 13.4. The highest BCUT2D eigenvalue weighted by Crippen LogP contribution is 2.35. The van der Waals surface area contributed by atoms with Gasteiger partial charge in [0.1, 0.15) is 5.75 Å². The number of nitrogens with one attached hydrogen (secondary N) is 3. The van der Waals surface area contributed by atoms with Crippen LogP contribution >= 0.6 is 0 Å². The van der Waals surface area contributed by atoms with Crippen molar-refractivity contribution < 1.29 is 27.5 Å². The molecule has 1 aliphatic rings. The van der Waals surface area contributed by atoms with Crippen LogP contribution in [0.1, 0.15) is 29.8 Å². The van der Waals surface area contributed by atoms with Crippen molar-refractivity contribution in [2.45, 2.75) is 20.0 Å². The Morgan fingerprint density at radius 1 is 0.878 bits per heavy atom. The molecule has 4 rings (SSSR count). The van der Waals surface area contributed by atoms with Gasteiger partial charge in [0.2, 0.25) is 0 Å². The largest absolute Gasteiger partial charge is 0.495 e. The van der Waals surface area contributed by atoms with Crippen LogP contribution < -0.4 is 30.5 Å². The van der Waals surface area contributed by atoms with Crippen molar-refractivity contribution in [3.05, 3.63) is 77.9 Å². The molecular formula is C30H34F3N5O3. The number of carbonyl (C=O) groups excluding carboxylic acids is 2. The predicted octanol–water partition coefficient (Wildman–Crippen LogP) is 6.07. The van der Waals surface area contributed by atoms with E-state index in [1.807, 2.05) is 38.1 Å². The minimum absolute atomic E-state index is 0.229. The molecule has 0 unspecified atom stereocenters. The summed E-state index contributed by atoms with van der Waals surface area (Å²) in [4.78, 5) is 30.2. The Balaban J connectivity index is 1.53. The molecule has 1 heterocycles. The summed E-state index contributed by atoms with van der Waals surface area (Å²) in [5, 5.41) is 7.75. The number of ether oxygens (including phenoxy) is 1. The Labute approximate surface area is 237 Å². The van der Waals surface area contributed by atoms with Gasteiger partial charge in [-0.2, -0.15) is 13.2 Å². The van der Waals surface area contributed by atoms with Crippen LogP contribution in [0, 0.1) is 5.92 Å². The Bertz CT molecular complexity index is 1370. The molecule has 1 aliphatic heterocycles. The highest BCUT2D eigenvalue weighted by molar-refractivity contribution is 6.04. The minimum Gasteiger partial charge on any atom is -0.495 e. The molecule has 0 aromatic heterocycles. The van der Waals surface area contributed by atoms with Crippen molar-refractivity contribution in [2.75, 3.05) is 60.3 Å². The van der Waals surface area contributed by atoms with E-state index in [2.05, 4.69) is 25.8 Å². The summed E-state index contributed by atoms with van der Waals surface area (Å²) >= 11 is 0. The summed E-state index contributed by atoms with van der Waals surface area (Å²) in [7, 11) is 1.64. The van der Waals surface area contributed by atoms with Crippen LogP contribution in [0.2, 0.25) is 0 Å². The normalized spacial score (nSPS) is 13.6. The number of carbonyl (C=O) groups is 2. The van der Waals surface area contributed by atoms with Crippen LogP contribution in [0.5, 0.6) is 5.75 Å². The molecule has 0 spiro atoms. The van der Waals surface area contributed by atoms with E-state index in [1.54, 1.807) is 25.3 Å². The fraction of sp³-hybridized carbons (Fsp3) is 0.333. The summed E-state index contributed by atoms with van der Waals surface area (Å²) in [5.41, 5.74) is 1.04. The van der Waals surface area contributed by atoms with Gasteiger partial charge in [0, 0.05) is 44.1 Å². The number of piperazine rings is 1. The first-order chi connectivity index (χ1) is 19.6. The fourth-order valence-electron chi connectivity index (χ4n) is 4.67. The van der Waals surface area contributed by atoms with Gasteiger partial charge in [-0.1, -0.05) is 38.1 Å². The molecule has 3 aromatic carbocycles. The number of hydrogen-bond donors (Lipinski definition) is 3. The standard InChI is InChI=1S/C30H34F3N5O3/c1-20(2)19-34-28(39)22-18-21(35-29(40)36-24-9-5-4-8-23(24)30(31,32)33)12-13-25(22)37-14-16-38(17-15-37)26-10-6-7-11-27(26)41-3/h4-13,18,20H,14-17,19H2,1-3H3,(H,34,39)(H2,35,36,40). The number of rotatable bonds is 8. The molecule has 1 fully saturated rings. The lowest BCUT2D eigenvalue weighted by Crippen LogP contribution is -2.47. The number of para-hydroxylation sites is 3. The van der Waals surface area contributed by atoms with E-state index >= 15 is 0 Å². The Hall–Kier alpha value is -4.41. The Kier molecular flexibility index (Phi) is 9.26. The number of anilines is 4. The Morgan fingerprint density at radius 2 is 1.51 bits per heavy atom. The molecule has 3 amide bonds. The molecule has 3 aromatic rings. The summed E-state index contributed by atoms with van der Waals surface area (Å²) in [6.07, 6.45) is -4.62. The van der Waals surface area contributed by atoms with E-state index in [9.17, 15) is 22.8 Å². The lowest BCUT2D eigenvalue weighted by atomic mass is 10.1. The lowest BCUT2D eigenvalue weighted by Gasteiger charge is -2.38. The molecule has 0 atom stereocenters. The molecular weight excluding hydrogens is 535 g/mol. The molecule has 0 saturated carbocycles. The zero-order chi connectivity index (χ0) is 29.6. The second-order valence-corrected chi connectivity index (χ2v) is 10.1. The average Bonchev–Trinajstić information content (AvgIpc) is 2.95. The summed E-state index contributed by atoms with van der Waals surface area (Å²) in [5.74, 6) is 0.723. The third-order valence-electron chi connectivity index (χ3n) is 6.70. The molecule has 0 bridgehead atoms. The number of urea groups is 1. The highest BCUT2D eigenvalue weighted by Gasteiger charge is 2.33. The fourth-order valence-corrected chi connectivity index (χ4v) is 4.67. The summed E-state index contributed by atoms with van der Waals surface area (Å²) < 4.78 is 45.5. The number of benzene rings is 3. The first kappa shape index (κ1) is 29.6. The highest BCUT2D eigenvalue weighted by atomic mass is 19.4. The Morgan fingerprint density at radius 3 is 2.17 bits per heavy atom. The van der Waals surface area contributed by atoms with E-state index in [4.69, 9.17) is 4.74 Å². The van der Waals surface area contributed by atoms with Crippen LogP contribution in [-0.2, 0) is 6.18 Å². The molecule has 3 N–H and O–H groups in total. The molecule has 11 heteroatoms. The molecule has 0 aliphatic carbocycles. The molecule has 8 nitrogen and oxygen atoms in total. The van der Waals surface area contributed by atoms with E-state index in [-0.39, 0.29) is 23.2 Å². The van der Waals surface area contributed by atoms with Crippen LogP contribution in [0.15, 0.2) is 66.7 Å². The third kappa shape index (κ3) is 7.41. The van der Waals surface area contributed by atoms with Gasteiger partial charge in [-0.05, 0) is 48.4 Å². The van der Waals surface area contributed by atoms with E-state index in [0.717, 1.165) is 17.5 Å². The smallest absolute Gasteiger partial charge is 0.418 e. The van der Waals surface area contributed by atoms with Crippen molar-refractivity contribution in [3.63, 3.8) is 0 Å².